The Morgan fingerprint density at radius 3 is 2.71 bits per heavy atom. The average Bonchev–Trinajstić information content (AvgIpc) is 2.14. The van der Waals surface area contributed by atoms with Gasteiger partial charge in [0.1, 0.15) is 12.4 Å². The molecule has 0 radical (unpaired) electrons. The topological polar surface area (TPSA) is 9.23 Å². The fourth-order valence-corrected chi connectivity index (χ4v) is 1.18. The lowest BCUT2D eigenvalue weighted by Crippen LogP contribution is -2.06. The van der Waals surface area contributed by atoms with Gasteiger partial charge in [-0.1, -0.05) is 24.3 Å². The highest BCUT2D eigenvalue weighted by atomic mass is 35.5. The maximum atomic E-state index is 11.8. The molecule has 0 amide bonds. The molecule has 4 heteroatoms. The minimum absolute atomic E-state index is 0.327. The number of rotatable bonds is 4. The summed E-state index contributed by atoms with van der Waals surface area (Å²) in [6.07, 6.45) is -0.914. The van der Waals surface area contributed by atoms with E-state index < -0.39 is 13.0 Å². The summed E-state index contributed by atoms with van der Waals surface area (Å²) in [4.78, 5) is 0. The van der Waals surface area contributed by atoms with E-state index in [0.717, 1.165) is 5.56 Å². The van der Waals surface area contributed by atoms with E-state index in [0.29, 0.717) is 10.8 Å². The molecule has 1 rings (SSSR count). The maximum Gasteiger partial charge on any atom is 0.272 e. The van der Waals surface area contributed by atoms with Crippen molar-refractivity contribution in [2.24, 2.45) is 0 Å². The molecular weight excluding hydrogens is 210 g/mol. The standard InChI is InChI=1S/C10H9ClF2O/c1-2-7-3-8(11)5-9(4-7)14-6-10(12)13/h2-5,10H,1,6H2. The Balaban J connectivity index is 2.76. The minimum atomic E-state index is -2.49. The van der Waals surface area contributed by atoms with E-state index in [1.165, 1.54) is 6.07 Å². The van der Waals surface area contributed by atoms with Crippen LogP contribution >= 0.6 is 11.6 Å². The van der Waals surface area contributed by atoms with Crippen LogP contribution in [-0.4, -0.2) is 13.0 Å². The molecule has 1 aromatic carbocycles. The molecule has 1 nitrogen and oxygen atoms in total. The Bertz CT molecular complexity index is 326. The number of hydrogen-bond acceptors (Lipinski definition) is 1. The molecule has 0 unspecified atom stereocenters. The largest absolute Gasteiger partial charge is 0.488 e. The second-order valence-corrected chi connectivity index (χ2v) is 3.06. The first-order valence-corrected chi connectivity index (χ1v) is 4.33. The van der Waals surface area contributed by atoms with Crippen molar-refractivity contribution in [2.45, 2.75) is 6.43 Å². The van der Waals surface area contributed by atoms with Crippen LogP contribution in [0, 0.1) is 0 Å². The van der Waals surface area contributed by atoms with Gasteiger partial charge in [-0.15, -0.1) is 0 Å². The third-order valence-electron chi connectivity index (χ3n) is 1.51. The van der Waals surface area contributed by atoms with Gasteiger partial charge in [0.25, 0.3) is 6.43 Å². The van der Waals surface area contributed by atoms with Crippen molar-refractivity contribution in [2.75, 3.05) is 6.61 Å². The van der Waals surface area contributed by atoms with Crippen molar-refractivity contribution in [3.63, 3.8) is 0 Å². The van der Waals surface area contributed by atoms with Gasteiger partial charge >= 0.3 is 0 Å². The molecular formula is C10H9ClF2O. The molecule has 0 fully saturated rings. The van der Waals surface area contributed by atoms with Crippen molar-refractivity contribution in [3.8, 4) is 5.75 Å². The molecule has 0 aliphatic heterocycles. The molecule has 0 spiro atoms. The van der Waals surface area contributed by atoms with E-state index in [4.69, 9.17) is 16.3 Å². The fraction of sp³-hybridized carbons (Fsp3) is 0.200. The van der Waals surface area contributed by atoms with Gasteiger partial charge in [-0.05, 0) is 23.8 Å². The summed E-state index contributed by atoms with van der Waals surface area (Å²) in [7, 11) is 0. The van der Waals surface area contributed by atoms with Crippen molar-refractivity contribution in [3.05, 3.63) is 35.4 Å². The summed E-state index contributed by atoms with van der Waals surface area (Å²) in [6.45, 7) is 2.92. The Morgan fingerprint density at radius 1 is 1.43 bits per heavy atom. The molecule has 0 aromatic heterocycles. The van der Waals surface area contributed by atoms with Crippen LogP contribution in [0.3, 0.4) is 0 Å². The molecule has 1 aromatic rings. The quantitative estimate of drug-likeness (QED) is 0.750. The van der Waals surface area contributed by atoms with E-state index >= 15 is 0 Å². The molecule has 0 N–H and O–H groups in total. The second-order valence-electron chi connectivity index (χ2n) is 2.63. The first kappa shape index (κ1) is 11.0. The summed E-state index contributed by atoms with van der Waals surface area (Å²) in [5.74, 6) is 0.327. The monoisotopic (exact) mass is 218 g/mol. The average molecular weight is 219 g/mol. The Hall–Kier alpha value is -1.09. The van der Waals surface area contributed by atoms with Crippen molar-refractivity contribution in [1.82, 2.24) is 0 Å². The number of halogens is 3. The second kappa shape index (κ2) is 4.96. The van der Waals surface area contributed by atoms with Crippen LogP contribution in [0.1, 0.15) is 5.56 Å². The Morgan fingerprint density at radius 2 is 2.14 bits per heavy atom. The van der Waals surface area contributed by atoms with Gasteiger partial charge in [-0.3, -0.25) is 0 Å². The van der Waals surface area contributed by atoms with Crippen LogP contribution in [0.25, 0.3) is 6.08 Å². The first-order chi connectivity index (χ1) is 6.61. The molecule has 0 saturated heterocycles. The fourth-order valence-electron chi connectivity index (χ4n) is 0.945. The van der Waals surface area contributed by atoms with Crippen molar-refractivity contribution < 1.29 is 13.5 Å². The molecule has 14 heavy (non-hydrogen) atoms. The molecule has 0 saturated carbocycles. The van der Waals surface area contributed by atoms with Crippen LogP contribution in [0.2, 0.25) is 5.02 Å². The van der Waals surface area contributed by atoms with Gasteiger partial charge in [-0.2, -0.15) is 0 Å². The van der Waals surface area contributed by atoms with Crippen LogP contribution in [0.15, 0.2) is 24.8 Å². The Kier molecular flexibility index (Phi) is 3.89. The normalized spacial score (nSPS) is 10.3. The minimum Gasteiger partial charge on any atom is -0.488 e. The first-order valence-electron chi connectivity index (χ1n) is 3.96. The summed E-state index contributed by atoms with van der Waals surface area (Å²) >= 11 is 5.73. The lowest BCUT2D eigenvalue weighted by atomic mass is 10.2. The SMILES string of the molecule is C=Cc1cc(Cl)cc(OCC(F)F)c1. The molecule has 0 aliphatic carbocycles. The van der Waals surface area contributed by atoms with Gasteiger partial charge in [0.15, 0.2) is 0 Å². The van der Waals surface area contributed by atoms with E-state index in [-0.39, 0.29) is 0 Å². The summed E-state index contributed by atoms with van der Waals surface area (Å²) in [6, 6.07) is 4.75. The lowest BCUT2D eigenvalue weighted by molar-refractivity contribution is 0.0819. The van der Waals surface area contributed by atoms with Crippen LogP contribution in [0.5, 0.6) is 5.75 Å². The molecule has 0 atom stereocenters. The highest BCUT2D eigenvalue weighted by Gasteiger charge is 2.04. The van der Waals surface area contributed by atoms with Gasteiger partial charge in [0.2, 0.25) is 0 Å². The van der Waals surface area contributed by atoms with Gasteiger partial charge in [-0.25, -0.2) is 8.78 Å². The smallest absolute Gasteiger partial charge is 0.272 e. The van der Waals surface area contributed by atoms with Crippen molar-refractivity contribution >= 4 is 17.7 Å². The zero-order chi connectivity index (χ0) is 10.6. The van der Waals surface area contributed by atoms with Crippen molar-refractivity contribution in [1.29, 1.82) is 0 Å². The van der Waals surface area contributed by atoms with Gasteiger partial charge in [0, 0.05) is 5.02 Å². The molecule has 0 bridgehead atoms. The number of benzene rings is 1. The van der Waals surface area contributed by atoms with E-state index in [2.05, 4.69) is 6.58 Å². The third kappa shape index (κ3) is 3.34. The number of hydrogen-bond donors (Lipinski definition) is 0. The zero-order valence-electron chi connectivity index (χ0n) is 7.34. The van der Waals surface area contributed by atoms with E-state index in [1.54, 1.807) is 18.2 Å². The van der Waals surface area contributed by atoms with Gasteiger partial charge < -0.3 is 4.74 Å². The van der Waals surface area contributed by atoms with Crippen LogP contribution in [0.4, 0.5) is 8.78 Å². The lowest BCUT2D eigenvalue weighted by Gasteiger charge is -2.06. The third-order valence-corrected chi connectivity index (χ3v) is 1.72. The highest BCUT2D eigenvalue weighted by molar-refractivity contribution is 6.30. The van der Waals surface area contributed by atoms with Crippen LogP contribution in [-0.2, 0) is 0 Å². The molecule has 0 aliphatic rings. The van der Waals surface area contributed by atoms with E-state index in [1.807, 2.05) is 0 Å². The summed E-state index contributed by atoms with van der Waals surface area (Å²) in [5, 5.41) is 0.437. The van der Waals surface area contributed by atoms with Crippen LogP contribution < -0.4 is 4.74 Å². The van der Waals surface area contributed by atoms with Gasteiger partial charge in [0.05, 0.1) is 0 Å². The predicted molar refractivity (Wildman–Crippen MR) is 53.0 cm³/mol. The number of alkyl halides is 2. The molecule has 0 heterocycles. The number of ether oxygens (including phenoxy) is 1. The summed E-state index contributed by atoms with van der Waals surface area (Å²) < 4.78 is 28.5. The zero-order valence-corrected chi connectivity index (χ0v) is 8.10. The predicted octanol–water partition coefficient (Wildman–Crippen LogP) is 3.63. The summed E-state index contributed by atoms with van der Waals surface area (Å²) in [5.41, 5.74) is 0.738. The maximum absolute atomic E-state index is 11.8. The highest BCUT2D eigenvalue weighted by Crippen LogP contribution is 2.21. The van der Waals surface area contributed by atoms with E-state index in [9.17, 15) is 8.78 Å². The molecule has 76 valence electrons. The Labute approximate surface area is 85.9 Å².